The quantitative estimate of drug-likeness (QED) is 0.0756. The lowest BCUT2D eigenvalue weighted by Crippen LogP contribution is -2.30. The molecule has 0 saturated carbocycles. The van der Waals surface area contributed by atoms with Crippen LogP contribution in [0.3, 0.4) is 0 Å². The van der Waals surface area contributed by atoms with Crippen molar-refractivity contribution in [3.8, 4) is 0 Å². The van der Waals surface area contributed by atoms with Gasteiger partial charge in [0.25, 0.3) is 17.5 Å². The van der Waals surface area contributed by atoms with Crippen molar-refractivity contribution in [2.24, 2.45) is 0 Å². The standard InChI is InChI=1S/C33H30N4O5S/c1-3-30(33(40)35-25-15-9-11-22(2)19-25)43-27-17-10-16-26(21-27)34-32(39)28(36-31(38)23-12-5-4-6-13-23)20-24-14-7-8-18-29(24)37(41)42/h4-21,30H,3H2,1-2H3,(H,34,39)(H,35,40)(H,36,38)/b28-20+. The molecule has 4 aromatic rings. The summed E-state index contributed by atoms with van der Waals surface area (Å²) >= 11 is 1.36. The van der Waals surface area contributed by atoms with Crippen LogP contribution < -0.4 is 16.0 Å². The van der Waals surface area contributed by atoms with Gasteiger partial charge in [0, 0.05) is 27.9 Å². The molecule has 4 rings (SSSR count). The van der Waals surface area contributed by atoms with Crippen LogP contribution in [-0.2, 0) is 9.59 Å². The number of rotatable bonds is 11. The second-order valence-electron chi connectivity index (χ2n) is 9.55. The van der Waals surface area contributed by atoms with Crippen molar-refractivity contribution >= 4 is 52.6 Å². The third-order valence-corrected chi connectivity index (χ3v) is 7.64. The molecule has 43 heavy (non-hydrogen) atoms. The number of carbonyl (C=O) groups excluding carboxylic acids is 3. The lowest BCUT2D eigenvalue weighted by Gasteiger charge is -2.16. The lowest BCUT2D eigenvalue weighted by molar-refractivity contribution is -0.385. The number of hydrogen-bond donors (Lipinski definition) is 3. The monoisotopic (exact) mass is 594 g/mol. The Bertz CT molecular complexity index is 1670. The molecule has 0 fully saturated rings. The SMILES string of the molecule is CCC(Sc1cccc(NC(=O)/C(=C\c2ccccc2[N+](=O)[O-])NC(=O)c2ccccc2)c1)C(=O)Nc1cccc(C)c1. The minimum absolute atomic E-state index is 0.133. The summed E-state index contributed by atoms with van der Waals surface area (Å²) in [7, 11) is 0. The molecule has 3 N–H and O–H groups in total. The molecule has 3 amide bonds. The summed E-state index contributed by atoms with van der Waals surface area (Å²) in [6.45, 7) is 3.88. The van der Waals surface area contributed by atoms with E-state index in [2.05, 4.69) is 16.0 Å². The third-order valence-electron chi connectivity index (χ3n) is 6.28. The number of nitro groups is 1. The summed E-state index contributed by atoms with van der Waals surface area (Å²) in [5.41, 5.74) is 2.27. The number of thioether (sulfide) groups is 1. The van der Waals surface area contributed by atoms with Gasteiger partial charge in [0.15, 0.2) is 0 Å². The summed E-state index contributed by atoms with van der Waals surface area (Å²) in [6, 6.07) is 28.8. The first-order chi connectivity index (χ1) is 20.7. The van der Waals surface area contributed by atoms with E-state index in [1.165, 1.54) is 36.0 Å². The van der Waals surface area contributed by atoms with E-state index >= 15 is 0 Å². The maximum absolute atomic E-state index is 13.5. The van der Waals surface area contributed by atoms with E-state index < -0.39 is 16.7 Å². The molecule has 0 saturated heterocycles. The van der Waals surface area contributed by atoms with Crippen LogP contribution in [-0.4, -0.2) is 27.9 Å². The molecule has 0 heterocycles. The van der Waals surface area contributed by atoms with Gasteiger partial charge in [-0.1, -0.05) is 55.5 Å². The number of aryl methyl sites for hydroxylation is 1. The first kappa shape index (κ1) is 30.7. The van der Waals surface area contributed by atoms with E-state index in [1.54, 1.807) is 54.6 Å². The van der Waals surface area contributed by atoms with Gasteiger partial charge < -0.3 is 16.0 Å². The van der Waals surface area contributed by atoms with E-state index in [-0.39, 0.29) is 28.1 Å². The second-order valence-corrected chi connectivity index (χ2v) is 10.8. The molecule has 9 nitrogen and oxygen atoms in total. The summed E-state index contributed by atoms with van der Waals surface area (Å²) in [4.78, 5) is 51.2. The van der Waals surface area contributed by atoms with Crippen LogP contribution in [0.15, 0.2) is 114 Å². The maximum atomic E-state index is 13.5. The van der Waals surface area contributed by atoms with E-state index in [4.69, 9.17) is 0 Å². The van der Waals surface area contributed by atoms with Crippen LogP contribution in [0.25, 0.3) is 6.08 Å². The highest BCUT2D eigenvalue weighted by Crippen LogP contribution is 2.29. The Hall–Kier alpha value is -5.22. The van der Waals surface area contributed by atoms with Crippen molar-refractivity contribution in [1.29, 1.82) is 0 Å². The Balaban J connectivity index is 1.54. The molecule has 218 valence electrons. The molecule has 1 atom stereocenters. The Labute approximate surface area is 253 Å². The van der Waals surface area contributed by atoms with Gasteiger partial charge in [-0.2, -0.15) is 0 Å². The van der Waals surface area contributed by atoms with Crippen LogP contribution in [0.1, 0.15) is 34.8 Å². The predicted octanol–water partition coefficient (Wildman–Crippen LogP) is 6.82. The molecule has 4 aromatic carbocycles. The highest BCUT2D eigenvalue weighted by molar-refractivity contribution is 8.00. The molecule has 0 spiro atoms. The molecule has 0 aromatic heterocycles. The van der Waals surface area contributed by atoms with Gasteiger partial charge in [0.1, 0.15) is 5.70 Å². The van der Waals surface area contributed by atoms with Gasteiger partial charge in [-0.05, 0) is 73.5 Å². The zero-order valence-corrected chi connectivity index (χ0v) is 24.4. The number of amides is 3. The van der Waals surface area contributed by atoms with Crippen molar-refractivity contribution in [2.45, 2.75) is 30.4 Å². The largest absolute Gasteiger partial charge is 0.325 e. The number of para-hydroxylation sites is 1. The molecule has 0 aliphatic rings. The van der Waals surface area contributed by atoms with Crippen LogP contribution >= 0.6 is 11.8 Å². The van der Waals surface area contributed by atoms with Crippen LogP contribution in [0, 0.1) is 17.0 Å². The smallest absolute Gasteiger partial charge is 0.276 e. The van der Waals surface area contributed by atoms with E-state index in [9.17, 15) is 24.5 Å². The van der Waals surface area contributed by atoms with E-state index in [0.29, 0.717) is 17.7 Å². The molecule has 0 bridgehead atoms. The number of carbonyl (C=O) groups is 3. The average Bonchev–Trinajstić information content (AvgIpc) is 3.00. The molecule has 10 heteroatoms. The Morgan fingerprint density at radius 3 is 2.23 bits per heavy atom. The fourth-order valence-electron chi connectivity index (χ4n) is 4.15. The topological polar surface area (TPSA) is 130 Å². The van der Waals surface area contributed by atoms with Crippen molar-refractivity contribution in [1.82, 2.24) is 5.32 Å². The lowest BCUT2D eigenvalue weighted by atomic mass is 10.1. The van der Waals surface area contributed by atoms with Gasteiger partial charge >= 0.3 is 0 Å². The van der Waals surface area contributed by atoms with Gasteiger partial charge in [-0.25, -0.2) is 0 Å². The van der Waals surface area contributed by atoms with Gasteiger partial charge in [0.05, 0.1) is 15.7 Å². The molecule has 0 aliphatic carbocycles. The normalized spacial score (nSPS) is 11.7. The van der Waals surface area contributed by atoms with Crippen molar-refractivity contribution < 1.29 is 19.3 Å². The predicted molar refractivity (Wildman–Crippen MR) is 170 cm³/mol. The fraction of sp³-hybridized carbons (Fsp3) is 0.121. The fourth-order valence-corrected chi connectivity index (χ4v) is 5.16. The number of hydrogen-bond acceptors (Lipinski definition) is 6. The van der Waals surface area contributed by atoms with Gasteiger partial charge in [0.2, 0.25) is 5.91 Å². The van der Waals surface area contributed by atoms with Crippen LogP contribution in [0.4, 0.5) is 17.1 Å². The second kappa shape index (κ2) is 14.6. The zero-order valence-electron chi connectivity index (χ0n) is 23.6. The van der Waals surface area contributed by atoms with Crippen molar-refractivity contribution in [2.75, 3.05) is 10.6 Å². The van der Waals surface area contributed by atoms with Gasteiger partial charge in [-0.15, -0.1) is 11.8 Å². The zero-order chi connectivity index (χ0) is 30.8. The highest BCUT2D eigenvalue weighted by Gasteiger charge is 2.20. The minimum Gasteiger partial charge on any atom is -0.325 e. The maximum Gasteiger partial charge on any atom is 0.276 e. The summed E-state index contributed by atoms with van der Waals surface area (Å²) in [5, 5.41) is 19.5. The molecule has 0 aliphatic heterocycles. The Morgan fingerprint density at radius 2 is 1.53 bits per heavy atom. The van der Waals surface area contributed by atoms with E-state index in [1.807, 2.05) is 44.2 Å². The molecule has 0 radical (unpaired) electrons. The van der Waals surface area contributed by atoms with Crippen molar-refractivity contribution in [3.63, 3.8) is 0 Å². The third kappa shape index (κ3) is 8.64. The van der Waals surface area contributed by atoms with Crippen LogP contribution in [0.2, 0.25) is 0 Å². The van der Waals surface area contributed by atoms with Gasteiger partial charge in [-0.3, -0.25) is 24.5 Å². The molecular formula is C33H30N4O5S. The summed E-state index contributed by atoms with van der Waals surface area (Å²) in [6.07, 6.45) is 1.85. The number of nitrogens with one attached hydrogen (secondary N) is 3. The molecule has 1 unspecified atom stereocenters. The molecular weight excluding hydrogens is 564 g/mol. The van der Waals surface area contributed by atoms with Crippen LogP contribution in [0.5, 0.6) is 0 Å². The Morgan fingerprint density at radius 1 is 0.860 bits per heavy atom. The number of benzene rings is 4. The highest BCUT2D eigenvalue weighted by atomic mass is 32.2. The summed E-state index contributed by atoms with van der Waals surface area (Å²) < 4.78 is 0. The number of nitrogens with zero attached hydrogens (tertiary/aromatic N) is 1. The Kier molecular flexibility index (Phi) is 10.4. The first-order valence-corrected chi connectivity index (χ1v) is 14.4. The first-order valence-electron chi connectivity index (χ1n) is 13.5. The number of nitro benzene ring substituents is 1. The summed E-state index contributed by atoms with van der Waals surface area (Å²) in [5.74, 6) is -1.35. The minimum atomic E-state index is -0.672. The van der Waals surface area contributed by atoms with E-state index in [0.717, 1.165) is 16.1 Å². The number of anilines is 2. The average molecular weight is 595 g/mol. The van der Waals surface area contributed by atoms with Crippen molar-refractivity contribution in [3.05, 3.63) is 136 Å².